The van der Waals surface area contributed by atoms with E-state index in [1.807, 2.05) is 34.6 Å². The summed E-state index contributed by atoms with van der Waals surface area (Å²) in [4.78, 5) is 27.9. The minimum atomic E-state index is -0.698. The van der Waals surface area contributed by atoms with Crippen molar-refractivity contribution in [2.75, 3.05) is 6.61 Å². The number of carbonyl (C=O) groups is 2. The van der Waals surface area contributed by atoms with E-state index in [0.29, 0.717) is 32.8 Å². The summed E-state index contributed by atoms with van der Waals surface area (Å²) in [5.74, 6) is -0.0282. The van der Waals surface area contributed by atoms with E-state index in [9.17, 15) is 9.59 Å². The number of halogens is 3. The van der Waals surface area contributed by atoms with Crippen molar-refractivity contribution >= 4 is 46.6 Å². The molecule has 2 rings (SSSR count). The van der Waals surface area contributed by atoms with Crippen LogP contribution < -0.4 is 10.1 Å². The van der Waals surface area contributed by atoms with Gasteiger partial charge in [0.15, 0.2) is 6.61 Å². The molecule has 0 saturated carbocycles. The first kappa shape index (κ1) is 27.3. The Bertz CT molecular complexity index is 954. The van der Waals surface area contributed by atoms with Crippen LogP contribution in [0.2, 0.25) is 15.1 Å². The number of aryl methyl sites for hydroxylation is 2. The second-order valence-corrected chi connectivity index (χ2v) is 9.32. The van der Waals surface area contributed by atoms with Crippen molar-refractivity contribution < 1.29 is 14.3 Å². The van der Waals surface area contributed by atoms with E-state index in [2.05, 4.69) is 5.32 Å². The summed E-state index contributed by atoms with van der Waals surface area (Å²) < 4.78 is 5.79. The second-order valence-electron chi connectivity index (χ2n) is 8.12. The van der Waals surface area contributed by atoms with Gasteiger partial charge in [0.05, 0.1) is 0 Å². The molecule has 1 N–H and O–H groups in total. The zero-order chi connectivity index (χ0) is 24.7. The Hall–Kier alpha value is -1.95. The number of nitrogens with one attached hydrogen (secondary N) is 1. The summed E-state index contributed by atoms with van der Waals surface area (Å²) >= 11 is 19.0. The summed E-state index contributed by atoms with van der Waals surface area (Å²) in [6.07, 6.45) is 1.21. The fraction of sp³-hybridized carbons (Fsp3) is 0.440. The van der Waals surface area contributed by atoms with Gasteiger partial charge in [0.1, 0.15) is 11.8 Å². The normalized spacial score (nSPS) is 12.7. The van der Waals surface area contributed by atoms with Gasteiger partial charge in [-0.25, -0.2) is 0 Å². The lowest BCUT2D eigenvalue weighted by Gasteiger charge is -2.32. The van der Waals surface area contributed by atoms with Crippen LogP contribution in [0.1, 0.15) is 50.3 Å². The van der Waals surface area contributed by atoms with Crippen LogP contribution in [0.15, 0.2) is 30.3 Å². The number of hydrogen-bond donors (Lipinski definition) is 1. The van der Waals surface area contributed by atoms with E-state index in [4.69, 9.17) is 39.5 Å². The third kappa shape index (κ3) is 7.26. The molecule has 0 spiro atoms. The van der Waals surface area contributed by atoms with E-state index in [-0.39, 0.29) is 31.0 Å². The summed E-state index contributed by atoms with van der Waals surface area (Å²) in [7, 11) is 0. The van der Waals surface area contributed by atoms with Crippen molar-refractivity contribution in [2.24, 2.45) is 0 Å². The molecule has 0 aliphatic rings. The largest absolute Gasteiger partial charge is 0.484 e. The zero-order valence-electron chi connectivity index (χ0n) is 19.7. The van der Waals surface area contributed by atoms with Crippen LogP contribution in [-0.2, 0) is 16.1 Å². The van der Waals surface area contributed by atoms with E-state index in [0.717, 1.165) is 17.5 Å². The number of benzene rings is 2. The molecule has 2 aromatic carbocycles. The van der Waals surface area contributed by atoms with Crippen LogP contribution in [0.4, 0.5) is 0 Å². The van der Waals surface area contributed by atoms with Gasteiger partial charge in [-0.2, -0.15) is 0 Å². The van der Waals surface area contributed by atoms with Crippen molar-refractivity contribution in [3.05, 3.63) is 62.1 Å². The molecule has 2 amide bonds. The molecule has 180 valence electrons. The van der Waals surface area contributed by atoms with Gasteiger partial charge < -0.3 is 15.0 Å². The molecule has 0 aliphatic carbocycles. The monoisotopic (exact) mass is 512 g/mol. The van der Waals surface area contributed by atoms with Gasteiger partial charge in [0, 0.05) is 33.2 Å². The first-order valence-corrected chi connectivity index (χ1v) is 12.1. The molecule has 0 saturated heterocycles. The Morgan fingerprint density at radius 3 is 2.12 bits per heavy atom. The smallest absolute Gasteiger partial charge is 0.261 e. The maximum Gasteiger partial charge on any atom is 0.261 e. The van der Waals surface area contributed by atoms with Gasteiger partial charge in [-0.1, -0.05) is 54.7 Å². The lowest BCUT2D eigenvalue weighted by Crippen LogP contribution is -2.51. The minimum absolute atomic E-state index is 0.0105. The van der Waals surface area contributed by atoms with Crippen LogP contribution in [0.25, 0.3) is 0 Å². The Kier molecular flexibility index (Phi) is 10.3. The maximum absolute atomic E-state index is 13.3. The first-order chi connectivity index (χ1) is 15.6. The van der Waals surface area contributed by atoms with Gasteiger partial charge >= 0.3 is 0 Å². The molecule has 8 heteroatoms. The average molecular weight is 514 g/mol. The zero-order valence-corrected chi connectivity index (χ0v) is 21.9. The number of amides is 2. The molecule has 5 nitrogen and oxygen atoms in total. The van der Waals surface area contributed by atoms with E-state index in [1.165, 1.54) is 4.90 Å². The Balaban J connectivity index is 2.32. The Labute approximate surface area is 211 Å². The van der Waals surface area contributed by atoms with Gasteiger partial charge in [-0.15, -0.1) is 0 Å². The number of hydrogen-bond acceptors (Lipinski definition) is 3. The molecule has 0 fully saturated rings. The van der Waals surface area contributed by atoms with Crippen molar-refractivity contribution in [3.63, 3.8) is 0 Å². The number of nitrogens with zero attached hydrogens (tertiary/aromatic N) is 1. The van der Waals surface area contributed by atoms with Gasteiger partial charge in [-0.05, 0) is 69.0 Å². The molecule has 0 bridgehead atoms. The summed E-state index contributed by atoms with van der Waals surface area (Å²) in [5.41, 5.74) is 2.30. The maximum atomic E-state index is 13.3. The van der Waals surface area contributed by atoms with Crippen molar-refractivity contribution in [1.82, 2.24) is 10.2 Å². The minimum Gasteiger partial charge on any atom is -0.484 e. The third-order valence-corrected chi connectivity index (χ3v) is 6.85. The Morgan fingerprint density at radius 2 is 1.61 bits per heavy atom. The van der Waals surface area contributed by atoms with Crippen molar-refractivity contribution in [3.8, 4) is 5.75 Å². The highest BCUT2D eigenvalue weighted by molar-refractivity contribution is 6.36. The van der Waals surface area contributed by atoms with Crippen LogP contribution in [0.3, 0.4) is 0 Å². The third-order valence-electron chi connectivity index (χ3n) is 5.55. The topological polar surface area (TPSA) is 58.6 Å². The fourth-order valence-electron chi connectivity index (χ4n) is 3.43. The number of carbonyl (C=O) groups excluding carboxylic acids is 2. The predicted molar refractivity (Wildman–Crippen MR) is 135 cm³/mol. The summed E-state index contributed by atoms with van der Waals surface area (Å²) in [6.45, 7) is 9.38. The molecule has 2 aromatic rings. The van der Waals surface area contributed by atoms with Gasteiger partial charge in [0.2, 0.25) is 5.91 Å². The van der Waals surface area contributed by atoms with Crippen molar-refractivity contribution in [2.45, 2.75) is 66.1 Å². The molecule has 2 atom stereocenters. The van der Waals surface area contributed by atoms with Crippen LogP contribution >= 0.6 is 34.8 Å². The predicted octanol–water partition coefficient (Wildman–Crippen LogP) is 6.36. The first-order valence-electron chi connectivity index (χ1n) is 11.0. The average Bonchev–Trinajstić information content (AvgIpc) is 2.77. The fourth-order valence-corrected chi connectivity index (χ4v) is 4.06. The van der Waals surface area contributed by atoms with E-state index < -0.39 is 6.04 Å². The second kappa shape index (κ2) is 12.5. The highest BCUT2D eigenvalue weighted by Crippen LogP contribution is 2.28. The molecule has 0 radical (unpaired) electrons. The lowest BCUT2D eigenvalue weighted by atomic mass is 10.1. The molecular weight excluding hydrogens is 483 g/mol. The molecule has 0 heterocycles. The van der Waals surface area contributed by atoms with Crippen molar-refractivity contribution in [1.29, 1.82) is 0 Å². The standard InChI is InChI=1S/C25H31Cl3N2O3/c1-6-17(5)29-25(32)22(7-2)30(13-19-20(26)9-8-10-21(19)27)23(31)14-33-18-11-15(3)24(28)16(4)12-18/h8-12,17,22H,6-7,13-14H2,1-5H3,(H,29,32)/t17-,22+/m0/s1. The molecule has 33 heavy (non-hydrogen) atoms. The van der Waals surface area contributed by atoms with E-state index >= 15 is 0 Å². The van der Waals surface area contributed by atoms with Crippen LogP contribution in [-0.4, -0.2) is 35.4 Å². The number of rotatable bonds is 10. The quantitative estimate of drug-likeness (QED) is 0.402. The SMILES string of the molecule is CC[C@H](C(=O)N[C@@H](C)CC)N(Cc1c(Cl)cccc1Cl)C(=O)COc1cc(C)c(Cl)c(C)c1. The summed E-state index contributed by atoms with van der Waals surface area (Å²) in [6, 6.07) is 8.01. The van der Waals surface area contributed by atoms with Crippen LogP contribution in [0, 0.1) is 13.8 Å². The Morgan fingerprint density at radius 1 is 1.03 bits per heavy atom. The van der Waals surface area contributed by atoms with Gasteiger partial charge in [-0.3, -0.25) is 9.59 Å². The molecule has 0 unspecified atom stereocenters. The van der Waals surface area contributed by atoms with Crippen LogP contribution in [0.5, 0.6) is 5.75 Å². The highest BCUT2D eigenvalue weighted by Gasteiger charge is 2.30. The van der Waals surface area contributed by atoms with Gasteiger partial charge in [0.25, 0.3) is 5.91 Å². The lowest BCUT2D eigenvalue weighted by molar-refractivity contribution is -0.143. The summed E-state index contributed by atoms with van der Waals surface area (Å²) in [5, 5.41) is 4.50. The molecule has 0 aromatic heterocycles. The number of ether oxygens (including phenoxy) is 1. The van der Waals surface area contributed by atoms with E-state index in [1.54, 1.807) is 30.3 Å². The highest BCUT2D eigenvalue weighted by atomic mass is 35.5. The molecular formula is C25H31Cl3N2O3. The molecule has 0 aliphatic heterocycles.